The molecule has 0 radical (unpaired) electrons. The molecule has 4 aromatic rings. The van der Waals surface area contributed by atoms with E-state index >= 15 is 0 Å². The van der Waals surface area contributed by atoms with Crippen molar-refractivity contribution in [3.63, 3.8) is 0 Å². The van der Waals surface area contributed by atoms with Crippen LogP contribution in [0.1, 0.15) is 49.9 Å². The summed E-state index contributed by atoms with van der Waals surface area (Å²) in [6.07, 6.45) is 8.42. The van der Waals surface area contributed by atoms with E-state index in [1.165, 1.54) is 16.8 Å². The maximum atomic E-state index is 6.62. The van der Waals surface area contributed by atoms with Gasteiger partial charge in [-0.2, -0.15) is 0 Å². The third-order valence-electron chi connectivity index (χ3n) is 10.8. The molecule has 4 aliphatic heterocycles. The number of anilines is 2. The molecule has 0 N–H and O–H groups in total. The number of benzene rings is 4. The lowest BCUT2D eigenvalue weighted by atomic mass is 9.76. The maximum absolute atomic E-state index is 6.62. The molecule has 0 saturated carbocycles. The second-order valence-electron chi connectivity index (χ2n) is 13.7. The number of hydrogen-bond acceptors (Lipinski definition) is 6. The molecule has 8 heteroatoms. The van der Waals surface area contributed by atoms with Gasteiger partial charge in [0, 0.05) is 41.6 Å². The molecule has 0 fully saturated rings. The summed E-state index contributed by atoms with van der Waals surface area (Å²) in [5, 5.41) is 1.40. The molecule has 2 spiro atoms. The Labute approximate surface area is 293 Å². The van der Waals surface area contributed by atoms with Crippen LogP contribution in [0.15, 0.2) is 84.9 Å². The van der Waals surface area contributed by atoms with Crippen molar-refractivity contribution >= 4 is 46.7 Å². The van der Waals surface area contributed by atoms with Crippen molar-refractivity contribution in [2.45, 2.75) is 50.0 Å². The van der Waals surface area contributed by atoms with Gasteiger partial charge >= 0.3 is 0 Å². The van der Waals surface area contributed by atoms with E-state index in [2.05, 4.69) is 100 Å². The monoisotopic (exact) mass is 682 g/mol. The van der Waals surface area contributed by atoms with Crippen LogP contribution in [0.5, 0.6) is 23.0 Å². The molecule has 4 aliphatic rings. The highest BCUT2D eigenvalue weighted by Crippen LogP contribution is 2.57. The minimum Gasteiger partial charge on any atom is -0.493 e. The van der Waals surface area contributed by atoms with Crippen molar-refractivity contribution in [2.24, 2.45) is 0 Å². The molecule has 0 amide bonds. The van der Waals surface area contributed by atoms with Crippen LogP contribution >= 0.6 is 23.2 Å². The lowest BCUT2D eigenvalue weighted by molar-refractivity contribution is 0.0552. The van der Waals surface area contributed by atoms with Gasteiger partial charge in [-0.3, -0.25) is 0 Å². The van der Waals surface area contributed by atoms with Crippen molar-refractivity contribution in [1.82, 2.24) is 0 Å². The first-order chi connectivity index (χ1) is 22.8. The Kier molecular flexibility index (Phi) is 7.50. The highest BCUT2D eigenvalue weighted by Gasteiger charge is 2.59. The summed E-state index contributed by atoms with van der Waals surface area (Å²) < 4.78 is 24.3. The topological polar surface area (TPSA) is 43.4 Å². The standard InChI is InChI=1S/2C20H20ClNO2/c1-19(2)15-12-14(21)8-9-16(15)22(3)20(19)11-10-13-6-5-7-17(23-4)18(13)24-20;1-19(2)14-7-5-6-8-16(14)22(3)20(19)12-11-13-15(21)9-10-17(23-4)18(13)24-20/h2*5-12H,1-4H3. The molecule has 0 aromatic heterocycles. The van der Waals surface area contributed by atoms with Crippen LogP contribution in [-0.2, 0) is 10.8 Å². The Bertz CT molecular complexity index is 2000. The van der Waals surface area contributed by atoms with E-state index in [-0.39, 0.29) is 10.8 Å². The van der Waals surface area contributed by atoms with E-state index in [9.17, 15) is 0 Å². The van der Waals surface area contributed by atoms with Crippen molar-refractivity contribution in [1.29, 1.82) is 0 Å². The Morgan fingerprint density at radius 1 is 0.625 bits per heavy atom. The van der Waals surface area contributed by atoms with Gasteiger partial charge in [0.25, 0.3) is 0 Å². The maximum Gasteiger partial charge on any atom is 0.212 e. The molecule has 4 aromatic carbocycles. The minimum absolute atomic E-state index is 0.236. The summed E-state index contributed by atoms with van der Waals surface area (Å²) >= 11 is 12.6. The quantitative estimate of drug-likeness (QED) is 0.210. The first-order valence-electron chi connectivity index (χ1n) is 16.0. The van der Waals surface area contributed by atoms with Gasteiger partial charge < -0.3 is 28.7 Å². The number of nitrogens with zero attached hydrogens (tertiary/aromatic N) is 2. The molecule has 2 unspecified atom stereocenters. The van der Waals surface area contributed by atoms with Gasteiger partial charge in [0.15, 0.2) is 23.0 Å². The zero-order valence-electron chi connectivity index (χ0n) is 28.5. The zero-order chi connectivity index (χ0) is 34.2. The highest BCUT2D eigenvalue weighted by atomic mass is 35.5. The van der Waals surface area contributed by atoms with E-state index in [1.807, 2.05) is 48.5 Å². The average Bonchev–Trinajstić information content (AvgIpc) is 3.34. The second kappa shape index (κ2) is 11.1. The lowest BCUT2D eigenvalue weighted by Gasteiger charge is -2.46. The lowest BCUT2D eigenvalue weighted by Crippen LogP contribution is -2.58. The van der Waals surface area contributed by atoms with E-state index in [4.69, 9.17) is 42.1 Å². The molecule has 0 bridgehead atoms. The summed E-state index contributed by atoms with van der Waals surface area (Å²) in [7, 11) is 7.45. The summed E-state index contributed by atoms with van der Waals surface area (Å²) in [4.78, 5) is 4.38. The Morgan fingerprint density at radius 2 is 1.23 bits per heavy atom. The van der Waals surface area contributed by atoms with Gasteiger partial charge in [0.1, 0.15) is 0 Å². The van der Waals surface area contributed by atoms with Crippen molar-refractivity contribution in [2.75, 3.05) is 38.1 Å². The zero-order valence-corrected chi connectivity index (χ0v) is 30.0. The van der Waals surface area contributed by atoms with Crippen molar-refractivity contribution < 1.29 is 18.9 Å². The van der Waals surface area contributed by atoms with Crippen LogP contribution in [0.4, 0.5) is 11.4 Å². The first kappa shape index (κ1) is 32.3. The second-order valence-corrected chi connectivity index (χ2v) is 14.5. The van der Waals surface area contributed by atoms with Gasteiger partial charge in [-0.15, -0.1) is 0 Å². The largest absolute Gasteiger partial charge is 0.493 e. The molecular weight excluding hydrogens is 643 g/mol. The summed E-state index contributed by atoms with van der Waals surface area (Å²) in [6.45, 7) is 8.80. The van der Waals surface area contributed by atoms with Gasteiger partial charge in [0.05, 0.1) is 30.1 Å². The molecule has 0 aliphatic carbocycles. The number of hydrogen-bond donors (Lipinski definition) is 0. The van der Waals surface area contributed by atoms with Gasteiger partial charge in [-0.25, -0.2) is 0 Å². The smallest absolute Gasteiger partial charge is 0.212 e. The van der Waals surface area contributed by atoms with Crippen LogP contribution < -0.4 is 28.7 Å². The van der Waals surface area contributed by atoms with Crippen molar-refractivity contribution in [3.8, 4) is 23.0 Å². The molecule has 8 rings (SSSR count). The third kappa shape index (κ3) is 4.31. The van der Waals surface area contributed by atoms with Crippen molar-refractivity contribution in [3.05, 3.63) is 117 Å². The van der Waals surface area contributed by atoms with E-state index in [0.29, 0.717) is 16.5 Å². The van der Waals surface area contributed by atoms with Gasteiger partial charge in [0.2, 0.25) is 11.4 Å². The predicted molar refractivity (Wildman–Crippen MR) is 197 cm³/mol. The first-order valence-corrected chi connectivity index (χ1v) is 16.8. The Hall–Kier alpha value is -4.26. The molecule has 0 saturated heterocycles. The third-order valence-corrected chi connectivity index (χ3v) is 11.3. The molecule has 6 nitrogen and oxygen atoms in total. The summed E-state index contributed by atoms with van der Waals surface area (Å²) in [5.41, 5.74) is 4.88. The van der Waals surface area contributed by atoms with Crippen LogP contribution in [0.3, 0.4) is 0 Å². The molecule has 4 heterocycles. The summed E-state index contributed by atoms with van der Waals surface area (Å²) in [6, 6.07) is 24.1. The predicted octanol–water partition coefficient (Wildman–Crippen LogP) is 9.76. The number of methoxy groups -OCH3 is 2. The molecule has 248 valence electrons. The molecule has 2 atom stereocenters. The average molecular weight is 684 g/mol. The minimum atomic E-state index is -0.623. The summed E-state index contributed by atoms with van der Waals surface area (Å²) in [5.74, 6) is 2.91. The number of likely N-dealkylation sites (N-methyl/N-ethyl adjacent to an activating group) is 2. The normalized spacial score (nSPS) is 23.0. The van der Waals surface area contributed by atoms with E-state index in [1.54, 1.807) is 14.2 Å². The van der Waals surface area contributed by atoms with Gasteiger partial charge in [-0.1, -0.05) is 53.5 Å². The van der Waals surface area contributed by atoms with Crippen LogP contribution in [-0.4, -0.2) is 39.8 Å². The number of ether oxygens (including phenoxy) is 4. The number of fused-ring (bicyclic) bond motifs is 4. The Balaban J connectivity index is 0.000000152. The fraction of sp³-hybridized carbons (Fsp3) is 0.300. The number of halogens is 2. The molecule has 48 heavy (non-hydrogen) atoms. The van der Waals surface area contributed by atoms with Crippen LogP contribution in [0.25, 0.3) is 12.2 Å². The molecular formula is C40H40Cl2N2O4. The van der Waals surface area contributed by atoms with E-state index < -0.39 is 11.4 Å². The van der Waals surface area contributed by atoms with Gasteiger partial charge in [-0.05, 0) is 106 Å². The number of para-hydroxylation sites is 2. The highest BCUT2D eigenvalue weighted by molar-refractivity contribution is 6.32. The SMILES string of the molecule is COc1ccc(Cl)c2c1OC1(C=C2)N(C)c2ccccc2C1(C)C.COc1cccc2c1OC1(C=C2)N(C)c2ccc(Cl)cc2C1(C)C. The van der Waals surface area contributed by atoms with Crippen LogP contribution in [0.2, 0.25) is 10.0 Å². The van der Waals surface area contributed by atoms with E-state index in [0.717, 1.165) is 33.3 Å². The van der Waals surface area contributed by atoms with Crippen LogP contribution in [0, 0.1) is 0 Å². The fourth-order valence-corrected chi connectivity index (χ4v) is 8.28. The fourth-order valence-electron chi connectivity index (χ4n) is 7.90. The Morgan fingerprint density at radius 3 is 1.92 bits per heavy atom. The number of rotatable bonds is 2.